The van der Waals surface area contributed by atoms with Gasteiger partial charge >= 0.3 is 0 Å². The first-order valence-corrected chi connectivity index (χ1v) is 8.99. The van der Waals surface area contributed by atoms with Crippen molar-refractivity contribution in [2.24, 2.45) is 0 Å². The molecule has 1 heterocycles. The fourth-order valence-corrected chi connectivity index (χ4v) is 3.16. The van der Waals surface area contributed by atoms with Crippen molar-refractivity contribution in [2.75, 3.05) is 18.1 Å². The van der Waals surface area contributed by atoms with Gasteiger partial charge in [-0.25, -0.2) is 4.98 Å². The van der Waals surface area contributed by atoms with E-state index in [4.69, 9.17) is 0 Å². The molecule has 2 aromatic carbocycles. The van der Waals surface area contributed by atoms with Gasteiger partial charge in [-0.05, 0) is 30.3 Å². The zero-order valence-electron chi connectivity index (χ0n) is 14.2. The molecule has 0 saturated carbocycles. The van der Waals surface area contributed by atoms with E-state index in [1.165, 1.54) is 11.8 Å². The van der Waals surface area contributed by atoms with Crippen LogP contribution in [0.4, 0.5) is 5.69 Å². The zero-order valence-corrected chi connectivity index (χ0v) is 15.0. The standard InChI is InChI=1S/C19H18N4O2S/c1-20-17(24)13-26-19-21-10-11-23(19)16-9-5-6-14(12-16)18(25)22-15-7-3-2-4-8-15/h2-12H,13H2,1H3,(H,20,24)(H,22,25). The Morgan fingerprint density at radius 3 is 2.69 bits per heavy atom. The van der Waals surface area contributed by atoms with Gasteiger partial charge in [0.15, 0.2) is 5.16 Å². The molecule has 2 amide bonds. The molecular formula is C19H18N4O2S. The summed E-state index contributed by atoms with van der Waals surface area (Å²) in [6.45, 7) is 0. The highest BCUT2D eigenvalue weighted by Gasteiger charge is 2.11. The molecule has 0 bridgehead atoms. The Hall–Kier alpha value is -3.06. The Morgan fingerprint density at radius 1 is 1.12 bits per heavy atom. The second-order valence-corrected chi connectivity index (χ2v) is 6.35. The van der Waals surface area contributed by atoms with Gasteiger partial charge in [-0.15, -0.1) is 0 Å². The number of nitrogens with zero attached hydrogens (tertiary/aromatic N) is 2. The summed E-state index contributed by atoms with van der Waals surface area (Å²) in [4.78, 5) is 28.2. The molecule has 3 aromatic rings. The number of nitrogens with one attached hydrogen (secondary N) is 2. The number of amides is 2. The number of imidazole rings is 1. The van der Waals surface area contributed by atoms with Gasteiger partial charge in [-0.3, -0.25) is 14.2 Å². The maximum Gasteiger partial charge on any atom is 0.255 e. The van der Waals surface area contributed by atoms with Crippen molar-refractivity contribution in [3.63, 3.8) is 0 Å². The quantitative estimate of drug-likeness (QED) is 0.658. The molecule has 0 atom stereocenters. The van der Waals surface area contributed by atoms with Gasteiger partial charge in [0.05, 0.1) is 5.75 Å². The predicted octanol–water partition coefficient (Wildman–Crippen LogP) is 2.96. The third kappa shape index (κ3) is 4.31. The van der Waals surface area contributed by atoms with Crippen LogP contribution in [0.25, 0.3) is 5.69 Å². The number of rotatable bonds is 6. The predicted molar refractivity (Wildman–Crippen MR) is 103 cm³/mol. The van der Waals surface area contributed by atoms with E-state index in [1.807, 2.05) is 47.0 Å². The van der Waals surface area contributed by atoms with E-state index in [1.54, 1.807) is 31.6 Å². The lowest BCUT2D eigenvalue weighted by molar-refractivity contribution is -0.118. The van der Waals surface area contributed by atoms with E-state index in [0.29, 0.717) is 10.7 Å². The summed E-state index contributed by atoms with van der Waals surface area (Å²) in [6, 6.07) is 16.6. The Kier molecular flexibility index (Phi) is 5.70. The van der Waals surface area contributed by atoms with Crippen molar-refractivity contribution >= 4 is 29.3 Å². The van der Waals surface area contributed by atoms with Crippen LogP contribution in [0.5, 0.6) is 0 Å². The molecule has 7 heteroatoms. The SMILES string of the molecule is CNC(=O)CSc1nccn1-c1cccc(C(=O)Nc2ccccc2)c1. The van der Waals surface area contributed by atoms with Gasteiger partial charge in [0.2, 0.25) is 5.91 Å². The number of benzene rings is 2. The van der Waals surface area contributed by atoms with Gasteiger partial charge in [-0.1, -0.05) is 36.0 Å². The van der Waals surface area contributed by atoms with E-state index in [9.17, 15) is 9.59 Å². The van der Waals surface area contributed by atoms with Crippen molar-refractivity contribution in [3.05, 3.63) is 72.6 Å². The summed E-state index contributed by atoms with van der Waals surface area (Å²) < 4.78 is 1.85. The molecule has 6 nitrogen and oxygen atoms in total. The minimum absolute atomic E-state index is 0.0689. The van der Waals surface area contributed by atoms with Crippen LogP contribution in [0.15, 0.2) is 72.1 Å². The lowest BCUT2D eigenvalue weighted by Crippen LogP contribution is -2.20. The number of thioether (sulfide) groups is 1. The molecule has 3 rings (SSSR count). The number of anilines is 1. The molecule has 0 spiro atoms. The lowest BCUT2D eigenvalue weighted by Gasteiger charge is -2.10. The number of carbonyl (C=O) groups excluding carboxylic acids is 2. The van der Waals surface area contributed by atoms with Gasteiger partial charge in [-0.2, -0.15) is 0 Å². The molecule has 0 aliphatic rings. The van der Waals surface area contributed by atoms with Gasteiger partial charge in [0.25, 0.3) is 5.91 Å². The second kappa shape index (κ2) is 8.35. The van der Waals surface area contributed by atoms with Crippen molar-refractivity contribution in [1.29, 1.82) is 0 Å². The highest BCUT2D eigenvalue weighted by molar-refractivity contribution is 7.99. The van der Waals surface area contributed by atoms with E-state index >= 15 is 0 Å². The maximum absolute atomic E-state index is 12.5. The normalized spacial score (nSPS) is 10.3. The van der Waals surface area contributed by atoms with E-state index in [-0.39, 0.29) is 17.6 Å². The minimum atomic E-state index is -0.183. The summed E-state index contributed by atoms with van der Waals surface area (Å²) in [7, 11) is 1.60. The van der Waals surface area contributed by atoms with Crippen LogP contribution < -0.4 is 10.6 Å². The number of hydrogen-bond donors (Lipinski definition) is 2. The first-order valence-electron chi connectivity index (χ1n) is 8.01. The molecule has 0 radical (unpaired) electrons. The van der Waals surface area contributed by atoms with Gasteiger partial charge < -0.3 is 10.6 Å². The van der Waals surface area contributed by atoms with Crippen LogP contribution in [-0.2, 0) is 4.79 Å². The molecule has 26 heavy (non-hydrogen) atoms. The molecule has 0 aliphatic carbocycles. The third-order valence-corrected chi connectivity index (χ3v) is 4.60. The van der Waals surface area contributed by atoms with Crippen LogP contribution >= 0.6 is 11.8 Å². The largest absolute Gasteiger partial charge is 0.358 e. The molecule has 1 aromatic heterocycles. The first-order chi connectivity index (χ1) is 12.7. The molecule has 132 valence electrons. The lowest BCUT2D eigenvalue weighted by atomic mass is 10.2. The summed E-state index contributed by atoms with van der Waals surface area (Å²) in [6.07, 6.45) is 3.48. The van der Waals surface area contributed by atoms with Crippen LogP contribution in [0.3, 0.4) is 0 Å². The fourth-order valence-electron chi connectivity index (χ4n) is 2.32. The van der Waals surface area contributed by atoms with Crippen LogP contribution in [-0.4, -0.2) is 34.2 Å². The summed E-state index contributed by atoms with van der Waals surface area (Å²) in [5, 5.41) is 6.14. The topological polar surface area (TPSA) is 76.0 Å². The van der Waals surface area contributed by atoms with Crippen molar-refractivity contribution in [3.8, 4) is 5.69 Å². The molecule has 0 saturated heterocycles. The van der Waals surface area contributed by atoms with Gasteiger partial charge in [0, 0.05) is 36.4 Å². The van der Waals surface area contributed by atoms with Crippen LogP contribution in [0, 0.1) is 0 Å². The molecule has 0 aliphatic heterocycles. The van der Waals surface area contributed by atoms with Crippen LogP contribution in [0.2, 0.25) is 0 Å². The van der Waals surface area contributed by atoms with Crippen molar-refractivity contribution in [2.45, 2.75) is 5.16 Å². The average molecular weight is 366 g/mol. The molecule has 2 N–H and O–H groups in total. The maximum atomic E-state index is 12.5. The minimum Gasteiger partial charge on any atom is -0.358 e. The van der Waals surface area contributed by atoms with E-state index < -0.39 is 0 Å². The van der Waals surface area contributed by atoms with Crippen molar-refractivity contribution in [1.82, 2.24) is 14.9 Å². The molecule has 0 fully saturated rings. The van der Waals surface area contributed by atoms with Crippen molar-refractivity contribution < 1.29 is 9.59 Å². The average Bonchev–Trinajstić information content (AvgIpc) is 3.15. The smallest absolute Gasteiger partial charge is 0.255 e. The molecule has 0 unspecified atom stereocenters. The Bertz CT molecular complexity index is 909. The summed E-state index contributed by atoms with van der Waals surface area (Å²) >= 11 is 1.34. The van der Waals surface area contributed by atoms with Crippen LogP contribution in [0.1, 0.15) is 10.4 Å². The molecular weight excluding hydrogens is 348 g/mol. The zero-order chi connectivity index (χ0) is 18.4. The van der Waals surface area contributed by atoms with Gasteiger partial charge in [0.1, 0.15) is 0 Å². The number of carbonyl (C=O) groups is 2. The first kappa shape index (κ1) is 17.8. The fraction of sp³-hybridized carbons (Fsp3) is 0.105. The summed E-state index contributed by atoms with van der Waals surface area (Å²) in [5.41, 5.74) is 2.09. The monoisotopic (exact) mass is 366 g/mol. The third-order valence-electron chi connectivity index (χ3n) is 3.64. The van der Waals surface area contributed by atoms with E-state index in [0.717, 1.165) is 11.4 Å². The second-order valence-electron chi connectivity index (χ2n) is 5.41. The Morgan fingerprint density at radius 2 is 1.92 bits per heavy atom. The number of aromatic nitrogens is 2. The highest BCUT2D eigenvalue weighted by Crippen LogP contribution is 2.21. The number of para-hydroxylation sites is 1. The highest BCUT2D eigenvalue weighted by atomic mass is 32.2. The number of hydrogen-bond acceptors (Lipinski definition) is 4. The Labute approximate surface area is 155 Å². The Balaban J connectivity index is 1.78. The van der Waals surface area contributed by atoms with E-state index in [2.05, 4.69) is 15.6 Å². The summed E-state index contributed by atoms with van der Waals surface area (Å²) in [5.74, 6) is 0.0279.